The fourth-order valence-corrected chi connectivity index (χ4v) is 3.68. The van der Waals surface area contributed by atoms with Crippen LogP contribution in [0, 0.1) is 6.92 Å². The summed E-state index contributed by atoms with van der Waals surface area (Å²) in [6, 6.07) is 15.3. The van der Waals surface area contributed by atoms with Gasteiger partial charge in [-0.15, -0.1) is 0 Å². The lowest BCUT2D eigenvalue weighted by molar-refractivity contribution is -0.114. The molecule has 1 atom stereocenters. The summed E-state index contributed by atoms with van der Waals surface area (Å²) in [5, 5.41) is 6.67. The third-order valence-electron chi connectivity index (χ3n) is 4.86. The number of carbonyl (C=O) groups excluding carboxylic acids is 1. The molecule has 2 N–H and O–H groups in total. The first-order valence-corrected chi connectivity index (χ1v) is 8.82. The largest absolute Gasteiger partial charge is 0.326 e. The molecule has 0 fully saturated rings. The van der Waals surface area contributed by atoms with E-state index in [1.165, 1.54) is 41.5 Å². The fraction of sp³-hybridized carbons (Fsp3) is 0.381. The van der Waals surface area contributed by atoms with Crippen LogP contribution < -0.4 is 10.6 Å². The number of hydrogen-bond acceptors (Lipinski definition) is 2. The van der Waals surface area contributed by atoms with Gasteiger partial charge in [0.15, 0.2) is 0 Å². The van der Waals surface area contributed by atoms with E-state index in [0.717, 1.165) is 18.7 Å². The van der Waals surface area contributed by atoms with Crippen molar-refractivity contribution in [2.24, 2.45) is 0 Å². The highest BCUT2D eigenvalue weighted by Crippen LogP contribution is 2.29. The fourth-order valence-electron chi connectivity index (χ4n) is 3.68. The number of fused-ring (bicyclic) bond motifs is 1. The Morgan fingerprint density at radius 1 is 1.17 bits per heavy atom. The monoisotopic (exact) mass is 322 g/mol. The lowest BCUT2D eigenvalue weighted by Crippen LogP contribution is -2.27. The van der Waals surface area contributed by atoms with Crippen LogP contribution in [0.5, 0.6) is 0 Å². The number of rotatable bonds is 5. The Labute approximate surface area is 144 Å². The Morgan fingerprint density at radius 2 is 2.00 bits per heavy atom. The maximum absolute atomic E-state index is 11.4. The van der Waals surface area contributed by atoms with E-state index in [1.54, 1.807) is 6.92 Å². The minimum absolute atomic E-state index is 0.0176. The summed E-state index contributed by atoms with van der Waals surface area (Å²) in [6.07, 6.45) is 4.55. The molecule has 3 heteroatoms. The van der Waals surface area contributed by atoms with Crippen LogP contribution in [0.4, 0.5) is 5.69 Å². The molecule has 0 saturated heterocycles. The van der Waals surface area contributed by atoms with E-state index >= 15 is 0 Å². The van der Waals surface area contributed by atoms with Gasteiger partial charge >= 0.3 is 0 Å². The van der Waals surface area contributed by atoms with Gasteiger partial charge in [0.2, 0.25) is 5.91 Å². The maximum atomic E-state index is 11.4. The van der Waals surface area contributed by atoms with Crippen LogP contribution in [0.2, 0.25) is 0 Å². The summed E-state index contributed by atoms with van der Waals surface area (Å²) in [7, 11) is 0. The summed E-state index contributed by atoms with van der Waals surface area (Å²) >= 11 is 0. The van der Waals surface area contributed by atoms with Crippen LogP contribution in [-0.4, -0.2) is 12.5 Å². The number of anilines is 1. The second kappa shape index (κ2) is 7.63. The number of hydrogen-bond donors (Lipinski definition) is 2. The molecule has 3 rings (SSSR count). The predicted molar refractivity (Wildman–Crippen MR) is 99.3 cm³/mol. The van der Waals surface area contributed by atoms with Crippen molar-refractivity contribution in [3.63, 3.8) is 0 Å². The predicted octanol–water partition coefficient (Wildman–Crippen LogP) is 4.16. The maximum Gasteiger partial charge on any atom is 0.221 e. The number of nitrogens with one attached hydrogen (secondary N) is 2. The molecule has 1 amide bonds. The quantitative estimate of drug-likeness (QED) is 0.868. The molecule has 1 unspecified atom stereocenters. The van der Waals surface area contributed by atoms with Crippen LogP contribution in [0.1, 0.15) is 48.1 Å². The Bertz CT molecular complexity index is 724. The average molecular weight is 322 g/mol. The topological polar surface area (TPSA) is 41.1 Å². The Balaban J connectivity index is 1.67. The summed E-state index contributed by atoms with van der Waals surface area (Å²) < 4.78 is 0. The van der Waals surface area contributed by atoms with Crippen molar-refractivity contribution in [2.45, 2.75) is 45.6 Å². The second-order valence-electron chi connectivity index (χ2n) is 6.63. The summed E-state index contributed by atoms with van der Waals surface area (Å²) in [5.74, 6) is -0.0176. The Kier molecular flexibility index (Phi) is 5.31. The second-order valence-corrected chi connectivity index (χ2v) is 6.63. The van der Waals surface area contributed by atoms with Crippen molar-refractivity contribution < 1.29 is 4.79 Å². The van der Waals surface area contributed by atoms with Crippen LogP contribution >= 0.6 is 0 Å². The van der Waals surface area contributed by atoms with E-state index in [4.69, 9.17) is 0 Å². The third kappa shape index (κ3) is 3.85. The van der Waals surface area contributed by atoms with E-state index in [-0.39, 0.29) is 5.91 Å². The molecular formula is C21H26N2O. The van der Waals surface area contributed by atoms with Gasteiger partial charge in [0, 0.05) is 18.7 Å². The lowest BCUT2D eigenvalue weighted by atomic mass is 9.87. The van der Waals surface area contributed by atoms with Crippen molar-refractivity contribution in [3.05, 3.63) is 64.7 Å². The van der Waals surface area contributed by atoms with Gasteiger partial charge in [-0.05, 0) is 67.5 Å². The first-order valence-electron chi connectivity index (χ1n) is 8.82. The van der Waals surface area contributed by atoms with Crippen LogP contribution in [-0.2, 0) is 17.6 Å². The van der Waals surface area contributed by atoms with Gasteiger partial charge in [0.25, 0.3) is 0 Å². The highest BCUT2D eigenvalue weighted by atomic mass is 16.1. The molecule has 0 spiro atoms. The molecule has 2 aromatic carbocycles. The highest BCUT2D eigenvalue weighted by molar-refractivity contribution is 5.89. The van der Waals surface area contributed by atoms with Crippen molar-refractivity contribution in [3.8, 4) is 0 Å². The van der Waals surface area contributed by atoms with Crippen LogP contribution in [0.25, 0.3) is 0 Å². The first-order chi connectivity index (χ1) is 11.6. The van der Waals surface area contributed by atoms with Crippen molar-refractivity contribution >= 4 is 11.6 Å². The minimum Gasteiger partial charge on any atom is -0.326 e. The smallest absolute Gasteiger partial charge is 0.221 e. The number of aryl methyl sites for hydroxylation is 2. The average Bonchev–Trinajstić information content (AvgIpc) is 2.57. The molecule has 2 aromatic rings. The lowest BCUT2D eigenvalue weighted by Gasteiger charge is -2.26. The molecule has 24 heavy (non-hydrogen) atoms. The van der Waals surface area contributed by atoms with E-state index < -0.39 is 0 Å². The van der Waals surface area contributed by atoms with Gasteiger partial charge in [0.05, 0.1) is 0 Å². The summed E-state index contributed by atoms with van der Waals surface area (Å²) in [5.41, 5.74) is 6.33. The van der Waals surface area contributed by atoms with E-state index in [0.29, 0.717) is 6.04 Å². The van der Waals surface area contributed by atoms with Crippen LogP contribution in [0.3, 0.4) is 0 Å². The SMILES string of the molecule is CC(=O)Nc1cccc(C)c1CCNC1CCCc2ccccc21. The minimum atomic E-state index is -0.0176. The standard InChI is InChI=1S/C21H26N2O/c1-15-7-5-12-21(23-16(2)24)18(15)13-14-22-20-11-6-9-17-8-3-4-10-19(17)20/h3-5,7-8,10,12,20,22H,6,9,11,13-14H2,1-2H3,(H,23,24). The van der Waals surface area contributed by atoms with Crippen molar-refractivity contribution in [2.75, 3.05) is 11.9 Å². The van der Waals surface area contributed by atoms with Gasteiger partial charge in [-0.25, -0.2) is 0 Å². The summed E-state index contributed by atoms with van der Waals surface area (Å²) in [4.78, 5) is 11.4. The molecule has 0 aromatic heterocycles. The van der Waals surface area contributed by atoms with Crippen LogP contribution in [0.15, 0.2) is 42.5 Å². The highest BCUT2D eigenvalue weighted by Gasteiger charge is 2.19. The molecule has 126 valence electrons. The molecule has 1 aliphatic carbocycles. The zero-order valence-electron chi connectivity index (χ0n) is 14.6. The van der Waals surface area contributed by atoms with Crippen molar-refractivity contribution in [1.29, 1.82) is 0 Å². The molecule has 3 nitrogen and oxygen atoms in total. The van der Waals surface area contributed by atoms with Gasteiger partial charge in [-0.3, -0.25) is 4.79 Å². The molecule has 0 radical (unpaired) electrons. The Morgan fingerprint density at radius 3 is 2.83 bits per heavy atom. The Hall–Kier alpha value is -2.13. The van der Waals surface area contributed by atoms with Crippen molar-refractivity contribution in [1.82, 2.24) is 5.32 Å². The molecule has 1 aliphatic rings. The number of benzene rings is 2. The molecular weight excluding hydrogens is 296 g/mol. The normalized spacial score (nSPS) is 16.5. The van der Waals surface area contributed by atoms with E-state index in [2.05, 4.69) is 47.9 Å². The molecule has 0 aliphatic heterocycles. The number of carbonyl (C=O) groups is 1. The first kappa shape index (κ1) is 16.7. The summed E-state index contributed by atoms with van der Waals surface area (Å²) in [6.45, 7) is 4.58. The zero-order valence-corrected chi connectivity index (χ0v) is 14.6. The van der Waals surface area contributed by atoms with Gasteiger partial charge in [0.1, 0.15) is 0 Å². The zero-order chi connectivity index (χ0) is 16.9. The van der Waals surface area contributed by atoms with Gasteiger partial charge in [-0.2, -0.15) is 0 Å². The van der Waals surface area contributed by atoms with E-state index in [9.17, 15) is 4.79 Å². The number of amides is 1. The third-order valence-corrected chi connectivity index (χ3v) is 4.86. The molecule has 0 heterocycles. The van der Waals surface area contributed by atoms with Gasteiger partial charge in [-0.1, -0.05) is 36.4 Å². The van der Waals surface area contributed by atoms with E-state index in [1.807, 2.05) is 12.1 Å². The molecule has 0 saturated carbocycles. The van der Waals surface area contributed by atoms with Gasteiger partial charge < -0.3 is 10.6 Å². The molecule has 0 bridgehead atoms.